The normalized spacial score (nSPS) is 11.6. The first-order valence-electron chi connectivity index (χ1n) is 8.70. The molecule has 0 bridgehead atoms. The van der Waals surface area contributed by atoms with E-state index in [9.17, 15) is 9.59 Å². The highest BCUT2D eigenvalue weighted by Crippen LogP contribution is 2.26. The maximum Gasteiger partial charge on any atom is 0.337 e. The molecule has 1 aromatic carbocycles. The Hall–Kier alpha value is -3.03. The molecule has 2 aromatic rings. The molecule has 0 unspecified atom stereocenters. The third-order valence-corrected chi connectivity index (χ3v) is 4.39. The number of esters is 1. The molecule has 8 heteroatoms. The van der Waals surface area contributed by atoms with Gasteiger partial charge in [-0.1, -0.05) is 0 Å². The molecule has 0 aliphatic carbocycles. The van der Waals surface area contributed by atoms with Crippen LogP contribution < -0.4 is 15.4 Å². The van der Waals surface area contributed by atoms with Crippen molar-refractivity contribution < 1.29 is 19.1 Å². The van der Waals surface area contributed by atoms with E-state index >= 15 is 0 Å². The van der Waals surface area contributed by atoms with E-state index < -0.39 is 12.0 Å². The first-order valence-corrected chi connectivity index (χ1v) is 8.70. The maximum absolute atomic E-state index is 12.5. The van der Waals surface area contributed by atoms with E-state index in [1.807, 2.05) is 32.4 Å². The number of nitrogens with zero attached hydrogens (tertiary/aromatic N) is 2. The summed E-state index contributed by atoms with van der Waals surface area (Å²) >= 11 is 0. The molecule has 27 heavy (non-hydrogen) atoms. The van der Waals surface area contributed by atoms with E-state index in [4.69, 9.17) is 9.47 Å². The Bertz CT molecular complexity index is 844. The lowest BCUT2D eigenvalue weighted by Crippen LogP contribution is -2.31. The van der Waals surface area contributed by atoms with E-state index in [1.165, 1.54) is 20.3 Å². The van der Waals surface area contributed by atoms with Crippen molar-refractivity contribution in [3.05, 3.63) is 40.7 Å². The largest absolute Gasteiger partial charge is 0.495 e. The fourth-order valence-electron chi connectivity index (χ4n) is 3.12. The summed E-state index contributed by atoms with van der Waals surface area (Å²) in [5.41, 5.74) is 3.59. The average Bonchev–Trinajstić information content (AvgIpc) is 2.94. The molecule has 0 aliphatic heterocycles. The van der Waals surface area contributed by atoms with Crippen LogP contribution in [-0.2, 0) is 11.3 Å². The lowest BCUT2D eigenvalue weighted by molar-refractivity contribution is 0.0600. The Kier molecular flexibility index (Phi) is 6.44. The number of anilines is 1. The number of aryl methyl sites for hydroxylation is 2. The first kappa shape index (κ1) is 20.3. The van der Waals surface area contributed by atoms with Crippen LogP contribution in [0, 0.1) is 13.8 Å². The molecular formula is C19H26N4O4. The minimum Gasteiger partial charge on any atom is -0.495 e. The van der Waals surface area contributed by atoms with Gasteiger partial charge in [-0.15, -0.1) is 0 Å². The molecule has 0 saturated carbocycles. The third-order valence-electron chi connectivity index (χ3n) is 4.39. The van der Waals surface area contributed by atoms with E-state index in [1.54, 1.807) is 12.1 Å². The number of amides is 2. The minimum absolute atomic E-state index is 0.236. The molecule has 1 heterocycles. The molecule has 2 N–H and O–H groups in total. The number of rotatable bonds is 6. The summed E-state index contributed by atoms with van der Waals surface area (Å²) in [6, 6.07) is 4.04. The third kappa shape index (κ3) is 4.39. The van der Waals surface area contributed by atoms with Gasteiger partial charge in [-0.3, -0.25) is 4.68 Å². The van der Waals surface area contributed by atoms with Crippen LogP contribution in [0.25, 0.3) is 0 Å². The van der Waals surface area contributed by atoms with Crippen LogP contribution in [-0.4, -0.2) is 36.0 Å². The second-order valence-corrected chi connectivity index (χ2v) is 6.13. The van der Waals surface area contributed by atoms with Crippen molar-refractivity contribution in [2.24, 2.45) is 0 Å². The molecule has 0 saturated heterocycles. The zero-order chi connectivity index (χ0) is 20.1. The number of ether oxygens (including phenoxy) is 2. The van der Waals surface area contributed by atoms with Gasteiger partial charge >= 0.3 is 12.0 Å². The molecule has 0 fully saturated rings. The van der Waals surface area contributed by atoms with Crippen LogP contribution in [0.15, 0.2) is 18.2 Å². The van der Waals surface area contributed by atoms with E-state index in [-0.39, 0.29) is 6.04 Å². The van der Waals surface area contributed by atoms with Crippen molar-refractivity contribution in [2.45, 2.75) is 40.3 Å². The number of nitrogens with one attached hydrogen (secondary N) is 2. The Labute approximate surface area is 158 Å². The van der Waals surface area contributed by atoms with Crippen LogP contribution in [0.5, 0.6) is 5.75 Å². The SMILES string of the molecule is CCn1nc(C)c([C@@H](C)NC(=O)Nc2cc(C(=O)OC)ccc2OC)c1C. The summed E-state index contributed by atoms with van der Waals surface area (Å²) in [6.45, 7) is 8.60. The minimum atomic E-state index is -0.493. The first-order chi connectivity index (χ1) is 12.8. The predicted molar refractivity (Wildman–Crippen MR) is 102 cm³/mol. The molecule has 2 rings (SSSR count). The fourth-order valence-corrected chi connectivity index (χ4v) is 3.12. The van der Waals surface area contributed by atoms with Crippen molar-refractivity contribution in [2.75, 3.05) is 19.5 Å². The van der Waals surface area contributed by atoms with Crippen molar-refractivity contribution in [1.82, 2.24) is 15.1 Å². The topological polar surface area (TPSA) is 94.5 Å². The highest BCUT2D eigenvalue weighted by molar-refractivity contribution is 5.95. The lowest BCUT2D eigenvalue weighted by Gasteiger charge is -2.17. The van der Waals surface area contributed by atoms with Gasteiger partial charge < -0.3 is 20.1 Å². The summed E-state index contributed by atoms with van der Waals surface area (Å²) in [4.78, 5) is 24.2. The van der Waals surface area contributed by atoms with E-state index in [2.05, 4.69) is 15.7 Å². The van der Waals surface area contributed by atoms with E-state index in [0.29, 0.717) is 17.0 Å². The van der Waals surface area contributed by atoms with Gasteiger partial charge in [-0.25, -0.2) is 9.59 Å². The summed E-state index contributed by atoms with van der Waals surface area (Å²) in [5.74, 6) is -0.0515. The van der Waals surface area contributed by atoms with Gasteiger partial charge in [0.2, 0.25) is 0 Å². The number of urea groups is 1. The Morgan fingerprint density at radius 1 is 1.26 bits per heavy atom. The van der Waals surface area contributed by atoms with Gasteiger partial charge in [0.15, 0.2) is 0 Å². The standard InChI is InChI=1S/C19H26N4O4/c1-7-23-13(4)17(12(3)22-23)11(2)20-19(25)21-15-10-14(18(24)27-6)8-9-16(15)26-5/h8-11H,7H2,1-6H3,(H2,20,21,25)/t11-/m1/s1. The van der Waals surface area contributed by atoms with Gasteiger partial charge in [0, 0.05) is 17.8 Å². The lowest BCUT2D eigenvalue weighted by atomic mass is 10.1. The molecule has 146 valence electrons. The Morgan fingerprint density at radius 3 is 2.52 bits per heavy atom. The van der Waals surface area contributed by atoms with Crippen molar-refractivity contribution >= 4 is 17.7 Å². The molecule has 1 aromatic heterocycles. The number of hydrogen-bond donors (Lipinski definition) is 2. The number of carbonyl (C=O) groups excluding carboxylic acids is 2. The van der Waals surface area contributed by atoms with Crippen molar-refractivity contribution in [3.63, 3.8) is 0 Å². The molecule has 0 spiro atoms. The zero-order valence-electron chi connectivity index (χ0n) is 16.5. The second kappa shape index (κ2) is 8.57. The molecule has 0 radical (unpaired) electrons. The molecular weight excluding hydrogens is 348 g/mol. The second-order valence-electron chi connectivity index (χ2n) is 6.13. The van der Waals surface area contributed by atoms with Crippen LogP contribution in [0.4, 0.5) is 10.5 Å². The van der Waals surface area contributed by atoms with Gasteiger partial charge in [0.1, 0.15) is 5.75 Å². The smallest absolute Gasteiger partial charge is 0.337 e. The summed E-state index contributed by atoms with van der Waals surface area (Å²) in [7, 11) is 2.79. The molecule has 1 atom stereocenters. The van der Waals surface area contributed by atoms with Gasteiger partial charge in [-0.05, 0) is 45.9 Å². The summed E-state index contributed by atoms with van der Waals surface area (Å²) in [6.07, 6.45) is 0. The van der Waals surface area contributed by atoms with Crippen LogP contribution in [0.2, 0.25) is 0 Å². The number of benzene rings is 1. The van der Waals surface area contributed by atoms with E-state index in [0.717, 1.165) is 23.5 Å². The average molecular weight is 374 g/mol. The van der Waals surface area contributed by atoms with Crippen LogP contribution in [0.3, 0.4) is 0 Å². The van der Waals surface area contributed by atoms with Crippen LogP contribution >= 0.6 is 0 Å². The Morgan fingerprint density at radius 2 is 1.96 bits per heavy atom. The monoisotopic (exact) mass is 374 g/mol. The highest BCUT2D eigenvalue weighted by atomic mass is 16.5. The van der Waals surface area contributed by atoms with Gasteiger partial charge in [-0.2, -0.15) is 5.10 Å². The van der Waals surface area contributed by atoms with Crippen molar-refractivity contribution in [3.8, 4) is 5.75 Å². The summed E-state index contributed by atoms with van der Waals surface area (Å²) in [5, 5.41) is 10.1. The molecule has 0 aliphatic rings. The number of aromatic nitrogens is 2. The maximum atomic E-state index is 12.5. The quantitative estimate of drug-likeness (QED) is 0.757. The number of carbonyl (C=O) groups is 2. The number of hydrogen-bond acceptors (Lipinski definition) is 5. The molecule has 2 amide bonds. The highest BCUT2D eigenvalue weighted by Gasteiger charge is 2.20. The summed E-state index contributed by atoms with van der Waals surface area (Å²) < 4.78 is 11.9. The predicted octanol–water partition coefficient (Wildman–Crippen LogP) is 3.20. The number of methoxy groups -OCH3 is 2. The fraction of sp³-hybridized carbons (Fsp3) is 0.421. The van der Waals surface area contributed by atoms with Gasteiger partial charge in [0.05, 0.1) is 37.2 Å². The van der Waals surface area contributed by atoms with Crippen molar-refractivity contribution in [1.29, 1.82) is 0 Å². The van der Waals surface area contributed by atoms with Crippen LogP contribution in [0.1, 0.15) is 47.2 Å². The van der Waals surface area contributed by atoms with Gasteiger partial charge in [0.25, 0.3) is 0 Å². The zero-order valence-corrected chi connectivity index (χ0v) is 16.5. The Balaban J connectivity index is 2.18. The molecule has 8 nitrogen and oxygen atoms in total.